The molecule has 1 aromatic heterocycles. The average molecular weight is 223 g/mol. The molecule has 0 saturated heterocycles. The van der Waals surface area contributed by atoms with Crippen LogP contribution >= 0.6 is 0 Å². The Labute approximate surface area is 88.4 Å². The molecule has 15 heavy (non-hydrogen) atoms. The molecular weight excluding hydrogens is 216 g/mol. The Kier molecular flexibility index (Phi) is 2.61. The van der Waals surface area contributed by atoms with Gasteiger partial charge in [0.05, 0.1) is 12.0 Å². The number of ether oxygens (including phenoxy) is 1. The lowest BCUT2D eigenvalue weighted by molar-refractivity contribution is 0.418. The number of nitrogens with zero attached hydrogens (tertiary/aromatic N) is 2. The van der Waals surface area contributed by atoms with E-state index >= 15 is 0 Å². The molecule has 5 nitrogen and oxygen atoms in total. The summed E-state index contributed by atoms with van der Waals surface area (Å²) in [5.74, 6) is 0.507. The summed E-state index contributed by atoms with van der Waals surface area (Å²) in [6, 6.07) is 3.00. The number of benzene rings is 1. The lowest BCUT2D eigenvalue weighted by Gasteiger charge is -2.09. The highest BCUT2D eigenvalue weighted by Crippen LogP contribution is 2.25. The van der Waals surface area contributed by atoms with Crippen molar-refractivity contribution in [2.45, 2.75) is 4.90 Å². The van der Waals surface area contributed by atoms with E-state index in [1.807, 2.05) is 0 Å². The number of rotatable bonds is 2. The third-order valence-corrected chi connectivity index (χ3v) is 2.64. The molecule has 1 aromatic carbocycles. The maximum atomic E-state index is 10.9. The van der Waals surface area contributed by atoms with Crippen molar-refractivity contribution < 1.29 is 13.5 Å². The first-order valence-corrected chi connectivity index (χ1v) is 5.18. The van der Waals surface area contributed by atoms with Gasteiger partial charge >= 0.3 is 0 Å². The van der Waals surface area contributed by atoms with Crippen LogP contribution in [0.1, 0.15) is 0 Å². The second-order valence-corrected chi connectivity index (χ2v) is 3.66. The maximum absolute atomic E-state index is 10.9. The molecule has 2 aromatic rings. The van der Waals surface area contributed by atoms with E-state index in [0.717, 1.165) is 0 Å². The highest BCUT2D eigenvalue weighted by molar-refractivity contribution is 7.79. The predicted octanol–water partition coefficient (Wildman–Crippen LogP) is 0.876. The molecule has 0 N–H and O–H groups in total. The molecule has 0 radical (unpaired) electrons. The predicted molar refractivity (Wildman–Crippen MR) is 53.3 cm³/mol. The van der Waals surface area contributed by atoms with Crippen LogP contribution in [0.3, 0.4) is 0 Å². The number of hydrogen-bond donors (Lipinski definition) is 0. The zero-order valence-electron chi connectivity index (χ0n) is 7.84. The summed E-state index contributed by atoms with van der Waals surface area (Å²) in [6.07, 6.45) is 2.93. The second-order valence-electron chi connectivity index (χ2n) is 2.75. The minimum atomic E-state index is -2.32. The van der Waals surface area contributed by atoms with Gasteiger partial charge in [-0.05, 0) is 23.2 Å². The van der Waals surface area contributed by atoms with Gasteiger partial charge < -0.3 is 9.29 Å². The molecule has 0 bridgehead atoms. The van der Waals surface area contributed by atoms with Gasteiger partial charge in [0.25, 0.3) is 0 Å². The van der Waals surface area contributed by atoms with E-state index in [2.05, 4.69) is 9.97 Å². The van der Waals surface area contributed by atoms with E-state index in [0.29, 0.717) is 16.8 Å². The molecule has 1 unspecified atom stereocenters. The Hall–Kier alpha value is -1.53. The molecule has 1 heterocycles. The van der Waals surface area contributed by atoms with E-state index in [1.165, 1.54) is 25.6 Å². The smallest absolute Gasteiger partial charge is 0.146 e. The van der Waals surface area contributed by atoms with Gasteiger partial charge in [-0.2, -0.15) is 0 Å². The van der Waals surface area contributed by atoms with Crippen LogP contribution in [0, 0.1) is 0 Å². The number of aromatic nitrogens is 2. The largest absolute Gasteiger partial charge is 0.768 e. The Morgan fingerprint density at radius 3 is 2.53 bits per heavy atom. The van der Waals surface area contributed by atoms with Crippen LogP contribution in [0.15, 0.2) is 29.4 Å². The van der Waals surface area contributed by atoms with Gasteiger partial charge in [-0.1, -0.05) is 0 Å². The van der Waals surface area contributed by atoms with Crippen LogP contribution in [0.2, 0.25) is 0 Å². The summed E-state index contributed by atoms with van der Waals surface area (Å²) in [4.78, 5) is 8.13. The molecule has 2 rings (SSSR count). The van der Waals surface area contributed by atoms with Gasteiger partial charge in [-0.25, -0.2) is 4.98 Å². The molecule has 0 aliphatic rings. The molecule has 78 valence electrons. The van der Waals surface area contributed by atoms with E-state index in [1.54, 1.807) is 6.07 Å². The van der Waals surface area contributed by atoms with Crippen molar-refractivity contribution in [3.05, 3.63) is 24.5 Å². The summed E-state index contributed by atoms with van der Waals surface area (Å²) >= 11 is -2.32. The molecule has 0 saturated carbocycles. The SMILES string of the molecule is COc1ccc(S(=O)[O-])c2nccnc12. The first-order valence-electron chi connectivity index (χ1n) is 4.11. The molecule has 0 aliphatic carbocycles. The van der Waals surface area contributed by atoms with Gasteiger partial charge in [0.15, 0.2) is 0 Å². The second kappa shape index (κ2) is 3.92. The van der Waals surface area contributed by atoms with Gasteiger partial charge in [-0.3, -0.25) is 9.19 Å². The van der Waals surface area contributed by atoms with Crippen LogP contribution in [-0.4, -0.2) is 25.8 Å². The topological polar surface area (TPSA) is 75.1 Å². The van der Waals surface area contributed by atoms with Crippen LogP contribution in [-0.2, 0) is 11.1 Å². The fraction of sp³-hybridized carbons (Fsp3) is 0.111. The highest BCUT2D eigenvalue weighted by Gasteiger charge is 2.08. The fourth-order valence-electron chi connectivity index (χ4n) is 1.31. The summed E-state index contributed by atoms with van der Waals surface area (Å²) < 4.78 is 26.9. The molecule has 0 spiro atoms. The van der Waals surface area contributed by atoms with E-state index in [-0.39, 0.29) is 4.90 Å². The Morgan fingerprint density at radius 1 is 1.27 bits per heavy atom. The van der Waals surface area contributed by atoms with E-state index in [9.17, 15) is 8.76 Å². The molecule has 6 heteroatoms. The normalized spacial score (nSPS) is 12.7. The number of fused-ring (bicyclic) bond motifs is 1. The summed E-state index contributed by atoms with van der Waals surface area (Å²) in [6.45, 7) is 0. The van der Waals surface area contributed by atoms with Crippen molar-refractivity contribution in [1.29, 1.82) is 0 Å². The third-order valence-electron chi connectivity index (χ3n) is 1.95. The molecule has 0 aliphatic heterocycles. The highest BCUT2D eigenvalue weighted by atomic mass is 32.2. The average Bonchev–Trinajstić information content (AvgIpc) is 2.27. The quantitative estimate of drug-likeness (QED) is 0.706. The fourth-order valence-corrected chi connectivity index (χ4v) is 1.79. The first kappa shape index (κ1) is 10.0. The van der Waals surface area contributed by atoms with Crippen LogP contribution in [0.4, 0.5) is 0 Å². The van der Waals surface area contributed by atoms with Crippen molar-refractivity contribution >= 4 is 22.1 Å². The zero-order valence-corrected chi connectivity index (χ0v) is 8.65. The third kappa shape index (κ3) is 1.69. The summed E-state index contributed by atoms with van der Waals surface area (Å²) in [5.41, 5.74) is 0.770. The standard InChI is InChI=1S/C9H8N2O3S/c1-14-6-2-3-7(15(12)13)9-8(6)10-4-5-11-9/h2-5H,1H3,(H,12,13)/p-1. The zero-order chi connectivity index (χ0) is 10.8. The molecular formula is C9H7N2O3S-. The van der Waals surface area contributed by atoms with Crippen molar-refractivity contribution in [2.75, 3.05) is 7.11 Å². The van der Waals surface area contributed by atoms with Crippen molar-refractivity contribution in [3.63, 3.8) is 0 Å². The van der Waals surface area contributed by atoms with Crippen LogP contribution in [0.25, 0.3) is 11.0 Å². The molecule has 0 amide bonds. The molecule has 0 fully saturated rings. The first-order chi connectivity index (χ1) is 7.24. The van der Waals surface area contributed by atoms with Crippen LogP contribution < -0.4 is 4.74 Å². The minimum absolute atomic E-state index is 0.124. The van der Waals surface area contributed by atoms with Gasteiger partial charge in [0.2, 0.25) is 0 Å². The Morgan fingerprint density at radius 2 is 1.93 bits per heavy atom. The van der Waals surface area contributed by atoms with Crippen molar-refractivity contribution in [1.82, 2.24) is 9.97 Å². The lowest BCUT2D eigenvalue weighted by atomic mass is 10.3. The van der Waals surface area contributed by atoms with Crippen LogP contribution in [0.5, 0.6) is 5.75 Å². The maximum Gasteiger partial charge on any atom is 0.146 e. The van der Waals surface area contributed by atoms with Gasteiger partial charge in [0.1, 0.15) is 16.8 Å². The monoisotopic (exact) mass is 223 g/mol. The van der Waals surface area contributed by atoms with E-state index in [4.69, 9.17) is 4.74 Å². The number of methoxy groups -OCH3 is 1. The minimum Gasteiger partial charge on any atom is -0.768 e. The van der Waals surface area contributed by atoms with Crippen molar-refractivity contribution in [2.24, 2.45) is 0 Å². The Bertz CT molecular complexity index is 530. The van der Waals surface area contributed by atoms with Gasteiger partial charge in [0, 0.05) is 12.4 Å². The Balaban J connectivity index is 2.83. The van der Waals surface area contributed by atoms with Crippen molar-refractivity contribution in [3.8, 4) is 5.75 Å². The summed E-state index contributed by atoms with van der Waals surface area (Å²) in [5, 5.41) is 0. The van der Waals surface area contributed by atoms with E-state index < -0.39 is 11.1 Å². The lowest BCUT2D eigenvalue weighted by Crippen LogP contribution is -1.96. The molecule has 1 atom stereocenters. The van der Waals surface area contributed by atoms with Gasteiger partial charge in [-0.15, -0.1) is 0 Å². The number of hydrogen-bond acceptors (Lipinski definition) is 5. The summed E-state index contributed by atoms with van der Waals surface area (Å²) in [7, 11) is 1.50.